The first kappa shape index (κ1) is 12.9. The zero-order valence-electron chi connectivity index (χ0n) is 11.7. The van der Waals surface area contributed by atoms with E-state index in [4.69, 9.17) is 0 Å². The highest BCUT2D eigenvalue weighted by molar-refractivity contribution is 6.13. The van der Waals surface area contributed by atoms with Crippen LogP contribution in [0.15, 0.2) is 41.0 Å². The fourth-order valence-electron chi connectivity index (χ4n) is 2.67. The van der Waals surface area contributed by atoms with E-state index in [1.165, 1.54) is 19.3 Å². The van der Waals surface area contributed by atoms with E-state index in [0.29, 0.717) is 5.70 Å². The molecule has 0 unspecified atom stereocenters. The standard InChI is InChI=1S/C16H19N3O/c1-18-15(20)14(12-13-8-4-2-5-9-13)17-16(18)19-10-6-3-7-11-19/h2,4-5,8-9,12H,3,6-7,10-11H2,1H3/b14-12-. The van der Waals surface area contributed by atoms with E-state index in [-0.39, 0.29) is 5.91 Å². The predicted octanol–water partition coefficient (Wildman–Crippen LogP) is 2.34. The quantitative estimate of drug-likeness (QED) is 0.734. The maximum atomic E-state index is 12.3. The first-order valence-electron chi connectivity index (χ1n) is 7.14. The summed E-state index contributed by atoms with van der Waals surface area (Å²) in [5.74, 6) is 0.784. The van der Waals surface area contributed by atoms with Crippen LogP contribution in [0.5, 0.6) is 0 Å². The molecule has 0 atom stereocenters. The van der Waals surface area contributed by atoms with Gasteiger partial charge in [-0.3, -0.25) is 9.69 Å². The Kier molecular flexibility index (Phi) is 3.54. The first-order chi connectivity index (χ1) is 9.75. The fourth-order valence-corrected chi connectivity index (χ4v) is 2.67. The Morgan fingerprint density at radius 1 is 1.10 bits per heavy atom. The molecule has 1 fully saturated rings. The summed E-state index contributed by atoms with van der Waals surface area (Å²) < 4.78 is 0. The number of piperidine rings is 1. The summed E-state index contributed by atoms with van der Waals surface area (Å²) in [5.41, 5.74) is 1.53. The maximum absolute atomic E-state index is 12.3. The number of benzene rings is 1. The van der Waals surface area contributed by atoms with E-state index in [1.807, 2.05) is 43.5 Å². The second-order valence-electron chi connectivity index (χ2n) is 5.26. The normalized spacial score (nSPS) is 21.6. The van der Waals surface area contributed by atoms with Crippen LogP contribution in [0, 0.1) is 0 Å². The van der Waals surface area contributed by atoms with E-state index >= 15 is 0 Å². The van der Waals surface area contributed by atoms with Gasteiger partial charge in [0.2, 0.25) is 5.96 Å². The van der Waals surface area contributed by atoms with Crippen molar-refractivity contribution in [2.24, 2.45) is 4.99 Å². The second-order valence-corrected chi connectivity index (χ2v) is 5.26. The number of amides is 1. The lowest BCUT2D eigenvalue weighted by Crippen LogP contribution is -2.44. The average molecular weight is 269 g/mol. The Bertz CT molecular complexity index is 556. The van der Waals surface area contributed by atoms with Gasteiger partial charge in [-0.25, -0.2) is 4.99 Å². The molecule has 0 radical (unpaired) electrons. The molecule has 4 heteroatoms. The summed E-state index contributed by atoms with van der Waals surface area (Å²) in [6.45, 7) is 1.99. The average Bonchev–Trinajstić information content (AvgIpc) is 2.78. The molecule has 0 N–H and O–H groups in total. The minimum absolute atomic E-state index is 0.0190. The van der Waals surface area contributed by atoms with Gasteiger partial charge in [-0.15, -0.1) is 0 Å². The largest absolute Gasteiger partial charge is 0.342 e. The van der Waals surface area contributed by atoms with Crippen molar-refractivity contribution >= 4 is 17.9 Å². The summed E-state index contributed by atoms with van der Waals surface area (Å²) in [7, 11) is 1.81. The van der Waals surface area contributed by atoms with Crippen molar-refractivity contribution in [1.82, 2.24) is 9.80 Å². The minimum atomic E-state index is -0.0190. The van der Waals surface area contributed by atoms with Gasteiger partial charge in [-0.2, -0.15) is 0 Å². The summed E-state index contributed by atoms with van der Waals surface area (Å²) in [5, 5.41) is 0. The van der Waals surface area contributed by atoms with Crippen molar-refractivity contribution in [2.45, 2.75) is 19.3 Å². The second kappa shape index (κ2) is 5.49. The van der Waals surface area contributed by atoms with Gasteiger partial charge < -0.3 is 4.90 Å². The Hall–Kier alpha value is -2.10. The Balaban J connectivity index is 1.87. The highest BCUT2D eigenvalue weighted by atomic mass is 16.2. The van der Waals surface area contributed by atoms with E-state index in [1.54, 1.807) is 4.90 Å². The van der Waals surface area contributed by atoms with Gasteiger partial charge >= 0.3 is 0 Å². The molecule has 0 bridgehead atoms. The van der Waals surface area contributed by atoms with Gasteiger partial charge in [0.1, 0.15) is 5.70 Å². The van der Waals surface area contributed by atoms with E-state index in [0.717, 1.165) is 24.6 Å². The minimum Gasteiger partial charge on any atom is -0.342 e. The molecule has 3 rings (SSSR count). The monoisotopic (exact) mass is 269 g/mol. The summed E-state index contributed by atoms with van der Waals surface area (Å²) in [6, 6.07) is 9.85. The zero-order valence-corrected chi connectivity index (χ0v) is 11.7. The van der Waals surface area contributed by atoms with Crippen LogP contribution in [0.2, 0.25) is 0 Å². The topological polar surface area (TPSA) is 35.9 Å². The molecule has 1 aromatic rings. The van der Waals surface area contributed by atoms with Crippen LogP contribution in [-0.2, 0) is 4.79 Å². The third kappa shape index (κ3) is 2.46. The molecule has 2 aliphatic rings. The third-order valence-corrected chi connectivity index (χ3v) is 3.79. The zero-order chi connectivity index (χ0) is 13.9. The Morgan fingerprint density at radius 2 is 1.80 bits per heavy atom. The van der Waals surface area contributed by atoms with Crippen molar-refractivity contribution < 1.29 is 4.79 Å². The number of hydrogen-bond donors (Lipinski definition) is 0. The molecule has 1 saturated heterocycles. The third-order valence-electron chi connectivity index (χ3n) is 3.79. The van der Waals surface area contributed by atoms with Gasteiger partial charge in [0.25, 0.3) is 5.91 Å². The highest BCUT2D eigenvalue weighted by Crippen LogP contribution is 2.21. The molecule has 0 aliphatic carbocycles. The van der Waals surface area contributed by atoms with Crippen LogP contribution in [0.1, 0.15) is 24.8 Å². The molecule has 2 aliphatic heterocycles. The van der Waals surface area contributed by atoms with Gasteiger partial charge in [-0.1, -0.05) is 30.3 Å². The van der Waals surface area contributed by atoms with Crippen molar-refractivity contribution in [1.29, 1.82) is 0 Å². The van der Waals surface area contributed by atoms with Crippen LogP contribution >= 0.6 is 0 Å². The number of hydrogen-bond acceptors (Lipinski definition) is 3. The maximum Gasteiger partial charge on any atom is 0.279 e. The lowest BCUT2D eigenvalue weighted by Gasteiger charge is -2.30. The van der Waals surface area contributed by atoms with Gasteiger partial charge in [0.15, 0.2) is 0 Å². The molecule has 0 saturated carbocycles. The van der Waals surface area contributed by atoms with Crippen molar-refractivity contribution in [2.75, 3.05) is 20.1 Å². The number of aliphatic imine (C=N–C) groups is 1. The lowest BCUT2D eigenvalue weighted by molar-refractivity contribution is -0.122. The SMILES string of the molecule is CN1C(=O)/C(=C/c2ccccc2)N=C1N1CCCCC1. The fraction of sp³-hybridized carbons (Fsp3) is 0.375. The number of guanidine groups is 1. The number of carbonyl (C=O) groups is 1. The van der Waals surface area contributed by atoms with Crippen LogP contribution in [0.3, 0.4) is 0 Å². The first-order valence-corrected chi connectivity index (χ1v) is 7.14. The molecule has 1 amide bonds. The van der Waals surface area contributed by atoms with Crippen LogP contribution in [-0.4, -0.2) is 41.8 Å². The molecule has 0 aromatic heterocycles. The molecular formula is C16H19N3O. The molecular weight excluding hydrogens is 250 g/mol. The molecule has 4 nitrogen and oxygen atoms in total. The molecule has 104 valence electrons. The number of likely N-dealkylation sites (N-methyl/N-ethyl adjacent to an activating group) is 1. The van der Waals surface area contributed by atoms with Gasteiger partial charge in [0.05, 0.1) is 0 Å². The molecule has 0 spiro atoms. The number of carbonyl (C=O) groups excluding carboxylic acids is 1. The smallest absolute Gasteiger partial charge is 0.279 e. The summed E-state index contributed by atoms with van der Waals surface area (Å²) >= 11 is 0. The van der Waals surface area contributed by atoms with Crippen molar-refractivity contribution in [3.05, 3.63) is 41.6 Å². The molecule has 2 heterocycles. The number of nitrogens with zero attached hydrogens (tertiary/aromatic N) is 3. The van der Waals surface area contributed by atoms with Crippen LogP contribution in [0.25, 0.3) is 6.08 Å². The van der Waals surface area contributed by atoms with Gasteiger partial charge in [0, 0.05) is 20.1 Å². The van der Waals surface area contributed by atoms with E-state index in [9.17, 15) is 4.79 Å². The van der Waals surface area contributed by atoms with E-state index in [2.05, 4.69) is 9.89 Å². The van der Waals surface area contributed by atoms with Crippen LogP contribution < -0.4 is 0 Å². The Morgan fingerprint density at radius 3 is 2.50 bits per heavy atom. The van der Waals surface area contributed by atoms with E-state index < -0.39 is 0 Å². The Labute approximate surface area is 119 Å². The summed E-state index contributed by atoms with van der Waals surface area (Å²) in [4.78, 5) is 20.7. The van der Waals surface area contributed by atoms with Crippen molar-refractivity contribution in [3.8, 4) is 0 Å². The predicted molar refractivity (Wildman–Crippen MR) is 80.0 cm³/mol. The highest BCUT2D eigenvalue weighted by Gasteiger charge is 2.31. The number of rotatable bonds is 1. The number of likely N-dealkylation sites (tertiary alicyclic amines) is 1. The molecule has 20 heavy (non-hydrogen) atoms. The van der Waals surface area contributed by atoms with Gasteiger partial charge in [-0.05, 0) is 30.9 Å². The van der Waals surface area contributed by atoms with Crippen LogP contribution in [0.4, 0.5) is 0 Å². The molecule has 1 aromatic carbocycles. The summed E-state index contributed by atoms with van der Waals surface area (Å²) in [6.07, 6.45) is 5.49. The lowest BCUT2D eigenvalue weighted by atomic mass is 10.1. The van der Waals surface area contributed by atoms with Crippen molar-refractivity contribution in [3.63, 3.8) is 0 Å².